The smallest absolute Gasteiger partial charge is 0.305 e. The zero-order chi connectivity index (χ0) is 19.8. The van der Waals surface area contributed by atoms with Crippen molar-refractivity contribution < 1.29 is 18.1 Å². The van der Waals surface area contributed by atoms with Crippen molar-refractivity contribution >= 4 is 29.1 Å². The molecule has 6 nitrogen and oxygen atoms in total. The monoisotopic (exact) mass is 414 g/mol. The van der Waals surface area contributed by atoms with Crippen LogP contribution < -0.4 is 0 Å². The Morgan fingerprint density at radius 2 is 1.81 bits per heavy atom. The van der Waals surface area contributed by atoms with Crippen LogP contribution in [0, 0.1) is 10.1 Å². The molecule has 0 atom stereocenters. The van der Waals surface area contributed by atoms with Crippen molar-refractivity contribution in [2.24, 2.45) is 7.05 Å². The Labute approximate surface area is 160 Å². The molecule has 3 aromatic rings. The maximum absolute atomic E-state index is 12.8. The molecule has 11 heteroatoms. The van der Waals surface area contributed by atoms with Crippen LogP contribution in [0.2, 0.25) is 5.02 Å². The average Bonchev–Trinajstić information content (AvgIpc) is 2.95. The summed E-state index contributed by atoms with van der Waals surface area (Å²) in [6.07, 6.45) is -4.67. The predicted molar refractivity (Wildman–Crippen MR) is 93.7 cm³/mol. The van der Waals surface area contributed by atoms with Gasteiger partial charge in [0, 0.05) is 23.7 Å². The van der Waals surface area contributed by atoms with E-state index in [1.54, 1.807) is 35.9 Å². The lowest BCUT2D eigenvalue weighted by molar-refractivity contribution is -0.388. The lowest BCUT2D eigenvalue weighted by Crippen LogP contribution is -2.06. The lowest BCUT2D eigenvalue weighted by Gasteiger charge is -2.08. The van der Waals surface area contributed by atoms with E-state index in [9.17, 15) is 23.3 Å². The summed E-state index contributed by atoms with van der Waals surface area (Å²) in [6.45, 7) is 0. The summed E-state index contributed by atoms with van der Waals surface area (Å²) < 4.78 is 40.0. The molecule has 0 fully saturated rings. The van der Waals surface area contributed by atoms with Crippen LogP contribution in [-0.4, -0.2) is 19.7 Å². The van der Waals surface area contributed by atoms with Crippen molar-refractivity contribution in [3.8, 4) is 11.4 Å². The molecule has 1 aromatic heterocycles. The van der Waals surface area contributed by atoms with E-state index in [-0.39, 0.29) is 4.90 Å². The molecule has 0 bridgehead atoms. The Kier molecular flexibility index (Phi) is 5.11. The second kappa shape index (κ2) is 7.20. The van der Waals surface area contributed by atoms with Crippen LogP contribution in [0.5, 0.6) is 0 Å². The fourth-order valence-corrected chi connectivity index (χ4v) is 3.28. The van der Waals surface area contributed by atoms with Crippen LogP contribution in [0.25, 0.3) is 11.4 Å². The minimum absolute atomic E-state index is 0.0335. The second-order valence-electron chi connectivity index (χ2n) is 5.41. The van der Waals surface area contributed by atoms with Gasteiger partial charge in [0.15, 0.2) is 11.0 Å². The summed E-state index contributed by atoms with van der Waals surface area (Å²) >= 11 is 6.71. The molecule has 0 amide bonds. The summed E-state index contributed by atoms with van der Waals surface area (Å²) in [5.74, 6) is 0.490. The van der Waals surface area contributed by atoms with Crippen LogP contribution in [0.3, 0.4) is 0 Å². The van der Waals surface area contributed by atoms with E-state index in [0.717, 1.165) is 29.5 Å². The number of aromatic nitrogens is 3. The number of halogens is 4. The van der Waals surface area contributed by atoms with Crippen molar-refractivity contribution in [3.63, 3.8) is 0 Å². The largest absolute Gasteiger partial charge is 0.416 e. The van der Waals surface area contributed by atoms with Gasteiger partial charge >= 0.3 is 6.18 Å². The molecule has 0 spiro atoms. The Hall–Kier alpha value is -2.59. The Bertz CT molecular complexity index is 1010. The van der Waals surface area contributed by atoms with Gasteiger partial charge in [-0.05, 0) is 48.2 Å². The third kappa shape index (κ3) is 4.06. The number of hydrogen-bond donors (Lipinski definition) is 0. The highest BCUT2D eigenvalue weighted by molar-refractivity contribution is 7.99. The first-order valence-electron chi connectivity index (χ1n) is 7.35. The standard InChI is InChI=1S/C16H10ClF3N4O2S/c1-23-14(9-2-5-11(17)6-3-9)21-22-15(23)27-13-7-4-10(16(18,19)20)8-12(13)24(25)26/h2-8H,1H3. The quantitative estimate of drug-likeness (QED) is 0.432. The van der Waals surface area contributed by atoms with Crippen molar-refractivity contribution in [1.82, 2.24) is 14.8 Å². The number of alkyl halides is 3. The molecular formula is C16H10ClF3N4O2S. The fourth-order valence-electron chi connectivity index (χ4n) is 2.28. The first-order valence-corrected chi connectivity index (χ1v) is 8.55. The SMILES string of the molecule is Cn1c(Sc2ccc(C(F)(F)F)cc2[N+](=O)[O-])nnc1-c1ccc(Cl)cc1. The van der Waals surface area contributed by atoms with Gasteiger partial charge in [0.05, 0.1) is 15.4 Å². The molecule has 3 rings (SSSR count). The predicted octanol–water partition coefficient (Wildman–Crippen LogP) is 5.21. The zero-order valence-electron chi connectivity index (χ0n) is 13.6. The lowest BCUT2D eigenvalue weighted by atomic mass is 10.2. The summed E-state index contributed by atoms with van der Waals surface area (Å²) in [5.41, 5.74) is -1.01. The van der Waals surface area contributed by atoms with Crippen LogP contribution >= 0.6 is 23.4 Å². The number of benzene rings is 2. The van der Waals surface area contributed by atoms with E-state index in [1.807, 2.05) is 0 Å². The summed E-state index contributed by atoms with van der Waals surface area (Å²) in [5, 5.41) is 20.1. The summed E-state index contributed by atoms with van der Waals surface area (Å²) in [7, 11) is 1.65. The molecule has 140 valence electrons. The van der Waals surface area contributed by atoms with E-state index in [2.05, 4.69) is 10.2 Å². The molecule has 0 radical (unpaired) electrons. The number of nitro groups is 1. The first kappa shape index (κ1) is 19.2. The van der Waals surface area contributed by atoms with Crippen molar-refractivity contribution in [2.45, 2.75) is 16.2 Å². The van der Waals surface area contributed by atoms with E-state index < -0.39 is 22.4 Å². The molecule has 0 saturated carbocycles. The van der Waals surface area contributed by atoms with E-state index >= 15 is 0 Å². The van der Waals surface area contributed by atoms with E-state index in [0.29, 0.717) is 22.1 Å². The van der Waals surface area contributed by atoms with E-state index in [4.69, 9.17) is 11.6 Å². The third-order valence-electron chi connectivity index (χ3n) is 3.62. The van der Waals surface area contributed by atoms with E-state index in [1.165, 1.54) is 0 Å². The second-order valence-corrected chi connectivity index (χ2v) is 6.86. The molecule has 27 heavy (non-hydrogen) atoms. The molecule has 0 unspecified atom stereocenters. The highest BCUT2D eigenvalue weighted by Gasteiger charge is 2.33. The molecular weight excluding hydrogens is 405 g/mol. The number of rotatable bonds is 4. The average molecular weight is 415 g/mol. The van der Waals surface area contributed by atoms with Crippen LogP contribution in [0.15, 0.2) is 52.5 Å². The summed E-state index contributed by atoms with van der Waals surface area (Å²) in [6, 6.07) is 9.20. The molecule has 1 heterocycles. The first-order chi connectivity index (χ1) is 12.7. The van der Waals surface area contributed by atoms with Crippen LogP contribution in [0.4, 0.5) is 18.9 Å². The van der Waals surface area contributed by atoms with Crippen LogP contribution in [0.1, 0.15) is 5.56 Å². The van der Waals surface area contributed by atoms with Crippen molar-refractivity contribution in [2.75, 3.05) is 0 Å². The molecule has 0 aliphatic rings. The topological polar surface area (TPSA) is 73.8 Å². The van der Waals surface area contributed by atoms with Gasteiger partial charge in [0.25, 0.3) is 5.69 Å². The van der Waals surface area contributed by atoms with Gasteiger partial charge < -0.3 is 4.57 Å². The minimum Gasteiger partial charge on any atom is -0.305 e. The number of hydrogen-bond acceptors (Lipinski definition) is 5. The van der Waals surface area contributed by atoms with Gasteiger partial charge in [-0.1, -0.05) is 11.6 Å². The summed E-state index contributed by atoms with van der Waals surface area (Å²) in [4.78, 5) is 10.4. The van der Waals surface area contributed by atoms with Gasteiger partial charge in [-0.3, -0.25) is 10.1 Å². The Morgan fingerprint density at radius 1 is 1.15 bits per heavy atom. The normalized spacial score (nSPS) is 11.6. The minimum atomic E-state index is -4.67. The number of nitro benzene ring substituents is 1. The highest BCUT2D eigenvalue weighted by Crippen LogP contribution is 2.39. The number of nitrogens with zero attached hydrogens (tertiary/aromatic N) is 4. The third-order valence-corrected chi connectivity index (χ3v) is 4.98. The molecule has 0 N–H and O–H groups in total. The van der Waals surface area contributed by atoms with Crippen molar-refractivity contribution in [3.05, 3.63) is 63.2 Å². The molecule has 0 aliphatic heterocycles. The van der Waals surface area contributed by atoms with Gasteiger partial charge in [-0.15, -0.1) is 10.2 Å². The fraction of sp³-hybridized carbons (Fsp3) is 0.125. The van der Waals surface area contributed by atoms with Gasteiger partial charge in [0.1, 0.15) is 0 Å². The molecule has 0 saturated heterocycles. The van der Waals surface area contributed by atoms with Gasteiger partial charge in [-0.2, -0.15) is 13.2 Å². The zero-order valence-corrected chi connectivity index (χ0v) is 15.1. The maximum Gasteiger partial charge on any atom is 0.416 e. The Morgan fingerprint density at radius 3 is 2.41 bits per heavy atom. The maximum atomic E-state index is 12.8. The Balaban J connectivity index is 1.96. The van der Waals surface area contributed by atoms with Crippen LogP contribution in [-0.2, 0) is 13.2 Å². The van der Waals surface area contributed by atoms with Crippen molar-refractivity contribution in [1.29, 1.82) is 0 Å². The molecule has 2 aromatic carbocycles. The van der Waals surface area contributed by atoms with Gasteiger partial charge in [-0.25, -0.2) is 0 Å². The van der Waals surface area contributed by atoms with Gasteiger partial charge in [0.2, 0.25) is 0 Å². The highest BCUT2D eigenvalue weighted by atomic mass is 35.5. The molecule has 0 aliphatic carbocycles.